The Hall–Kier alpha value is -2.38. The Bertz CT molecular complexity index is 784. The molecule has 3 N–H and O–H groups in total. The van der Waals surface area contributed by atoms with Crippen molar-refractivity contribution in [2.75, 3.05) is 13.2 Å². The molecule has 32 heavy (non-hydrogen) atoms. The van der Waals surface area contributed by atoms with E-state index in [2.05, 4.69) is 9.47 Å². The number of halogens is 6. The molecule has 0 spiro atoms. The van der Waals surface area contributed by atoms with E-state index in [4.69, 9.17) is 0 Å². The quantitative estimate of drug-likeness (QED) is 0.445. The first-order valence-electron chi connectivity index (χ1n) is 9.41. The second-order valence-corrected chi connectivity index (χ2v) is 7.05. The highest BCUT2D eigenvalue weighted by Gasteiger charge is 2.78. The maximum atomic E-state index is 14.0. The number of esters is 2. The lowest BCUT2D eigenvalue weighted by Gasteiger charge is -2.54. The molecule has 0 amide bonds. The van der Waals surface area contributed by atoms with E-state index in [1.807, 2.05) is 0 Å². The lowest BCUT2D eigenvalue weighted by Crippen LogP contribution is -2.81. The van der Waals surface area contributed by atoms with Crippen LogP contribution in [-0.2, 0) is 19.1 Å². The molecular weight excluding hydrogens is 452 g/mol. The van der Waals surface area contributed by atoms with Crippen molar-refractivity contribution < 1.29 is 55.6 Å². The SMILES string of the molecule is CCOC(=O)[C@@H]1C(c2ccccc2)[C@H](C(=O)OCC)[C@](O)(C(F)(F)F)N[C@]1(O)C(F)(F)F. The smallest absolute Gasteiger partial charge is 0.432 e. The van der Waals surface area contributed by atoms with Gasteiger partial charge in [-0.15, -0.1) is 0 Å². The number of carbonyl (C=O) groups excluding carboxylic acids is 2. The van der Waals surface area contributed by atoms with Gasteiger partial charge in [-0.1, -0.05) is 30.3 Å². The highest BCUT2D eigenvalue weighted by molar-refractivity contribution is 5.81. The molecule has 7 nitrogen and oxygen atoms in total. The molecule has 1 heterocycles. The number of alkyl halides is 6. The molecule has 1 aliphatic rings. The number of ether oxygens (including phenoxy) is 2. The molecule has 5 atom stereocenters. The van der Waals surface area contributed by atoms with Crippen molar-refractivity contribution in [3.8, 4) is 0 Å². The number of nitrogens with one attached hydrogen (secondary N) is 1. The first-order valence-corrected chi connectivity index (χ1v) is 9.41. The monoisotopic (exact) mass is 473 g/mol. The lowest BCUT2D eigenvalue weighted by atomic mass is 9.64. The van der Waals surface area contributed by atoms with E-state index in [-0.39, 0.29) is 5.56 Å². The molecule has 1 aliphatic heterocycles. The Labute approximate surface area is 178 Å². The highest BCUT2D eigenvalue weighted by Crippen LogP contribution is 2.55. The van der Waals surface area contributed by atoms with Crippen LogP contribution in [0.1, 0.15) is 25.3 Å². The Morgan fingerprint density at radius 1 is 0.875 bits per heavy atom. The maximum Gasteiger partial charge on any atom is 0.432 e. The standard InChI is InChI=1S/C19H21F6NO6/c1-3-31-14(27)12-11(10-8-6-5-7-9-10)13(15(28)32-4-2)17(30,19(23,24)25)26-16(12,29)18(20,21)22/h5-9,11-13,26,29-30H,3-4H2,1-2H3/t11?,12-,13+,16+,17-. The molecule has 1 unspecified atom stereocenters. The Morgan fingerprint density at radius 3 is 1.56 bits per heavy atom. The molecule has 2 rings (SSSR count). The Balaban J connectivity index is 2.93. The number of hydrogen-bond donors (Lipinski definition) is 3. The fourth-order valence-electron chi connectivity index (χ4n) is 3.81. The van der Waals surface area contributed by atoms with Crippen LogP contribution in [0.5, 0.6) is 0 Å². The van der Waals surface area contributed by atoms with Gasteiger partial charge in [-0.2, -0.15) is 26.3 Å². The maximum absolute atomic E-state index is 14.0. The number of piperidine rings is 1. The third-order valence-electron chi connectivity index (χ3n) is 5.13. The third kappa shape index (κ3) is 4.28. The van der Waals surface area contributed by atoms with E-state index in [9.17, 15) is 46.1 Å². The van der Waals surface area contributed by atoms with Crippen LogP contribution >= 0.6 is 0 Å². The van der Waals surface area contributed by atoms with Crippen LogP contribution < -0.4 is 5.32 Å². The van der Waals surface area contributed by atoms with Crippen molar-refractivity contribution >= 4 is 11.9 Å². The molecule has 1 aromatic rings. The first kappa shape index (κ1) is 25.9. The summed E-state index contributed by atoms with van der Waals surface area (Å²) in [7, 11) is 0. The number of benzene rings is 1. The van der Waals surface area contributed by atoms with Crippen LogP contribution in [0.25, 0.3) is 0 Å². The zero-order valence-electron chi connectivity index (χ0n) is 16.8. The van der Waals surface area contributed by atoms with Gasteiger partial charge in [0.15, 0.2) is 0 Å². The molecule has 0 aromatic heterocycles. The number of rotatable bonds is 5. The molecular formula is C19H21F6NO6. The van der Waals surface area contributed by atoms with E-state index in [0.717, 1.165) is 17.4 Å². The van der Waals surface area contributed by atoms with Gasteiger partial charge in [-0.05, 0) is 19.4 Å². The summed E-state index contributed by atoms with van der Waals surface area (Å²) in [6, 6.07) is 5.97. The summed E-state index contributed by atoms with van der Waals surface area (Å²) in [6.45, 7) is 1.51. The minimum atomic E-state index is -5.91. The molecule has 0 aliphatic carbocycles. The van der Waals surface area contributed by atoms with Gasteiger partial charge in [0.25, 0.3) is 0 Å². The summed E-state index contributed by atoms with van der Waals surface area (Å²) in [5.74, 6) is -11.4. The van der Waals surface area contributed by atoms with E-state index >= 15 is 0 Å². The van der Waals surface area contributed by atoms with Gasteiger partial charge >= 0.3 is 24.3 Å². The second-order valence-electron chi connectivity index (χ2n) is 7.05. The average Bonchev–Trinajstić information content (AvgIpc) is 2.66. The molecule has 0 saturated carbocycles. The first-order chi connectivity index (χ1) is 14.7. The minimum Gasteiger partial charge on any atom is -0.466 e. The van der Waals surface area contributed by atoms with E-state index in [1.165, 1.54) is 32.0 Å². The van der Waals surface area contributed by atoms with Gasteiger partial charge in [0.2, 0.25) is 11.4 Å². The van der Waals surface area contributed by atoms with Crippen molar-refractivity contribution in [1.82, 2.24) is 5.32 Å². The molecule has 1 fully saturated rings. The predicted molar refractivity (Wildman–Crippen MR) is 94.6 cm³/mol. The minimum absolute atomic E-state index is 0.365. The van der Waals surface area contributed by atoms with E-state index < -0.39 is 66.7 Å². The van der Waals surface area contributed by atoms with Crippen LogP contribution in [0.15, 0.2) is 30.3 Å². The van der Waals surface area contributed by atoms with Crippen LogP contribution in [0, 0.1) is 11.8 Å². The largest absolute Gasteiger partial charge is 0.466 e. The Morgan fingerprint density at radius 2 is 1.25 bits per heavy atom. The van der Waals surface area contributed by atoms with Crippen molar-refractivity contribution in [3.05, 3.63) is 35.9 Å². The third-order valence-corrected chi connectivity index (χ3v) is 5.13. The molecule has 1 saturated heterocycles. The molecule has 0 radical (unpaired) electrons. The number of carbonyl (C=O) groups is 2. The normalized spacial score (nSPS) is 31.1. The predicted octanol–water partition coefficient (Wildman–Crippen LogP) is 2.23. The summed E-state index contributed by atoms with van der Waals surface area (Å²) < 4.78 is 93.0. The van der Waals surface area contributed by atoms with Crippen LogP contribution in [0.3, 0.4) is 0 Å². The molecule has 13 heteroatoms. The van der Waals surface area contributed by atoms with E-state index in [0.29, 0.717) is 0 Å². The summed E-state index contributed by atoms with van der Waals surface area (Å²) in [6.07, 6.45) is -11.8. The summed E-state index contributed by atoms with van der Waals surface area (Å²) in [5, 5.41) is 21.7. The zero-order chi connectivity index (χ0) is 24.5. The van der Waals surface area contributed by atoms with Crippen molar-refractivity contribution in [1.29, 1.82) is 0 Å². The Kier molecular flexibility index (Phi) is 7.17. The zero-order valence-corrected chi connectivity index (χ0v) is 16.8. The van der Waals surface area contributed by atoms with Gasteiger partial charge in [0, 0.05) is 5.92 Å². The summed E-state index contributed by atoms with van der Waals surface area (Å²) in [4.78, 5) is 25.2. The van der Waals surface area contributed by atoms with Crippen molar-refractivity contribution in [2.45, 2.75) is 43.6 Å². The number of hydrogen-bond acceptors (Lipinski definition) is 7. The van der Waals surface area contributed by atoms with Crippen LogP contribution in [0.4, 0.5) is 26.3 Å². The van der Waals surface area contributed by atoms with Gasteiger partial charge in [0.1, 0.15) is 11.8 Å². The molecule has 1 aromatic carbocycles. The molecule has 180 valence electrons. The van der Waals surface area contributed by atoms with Gasteiger partial charge < -0.3 is 19.7 Å². The lowest BCUT2D eigenvalue weighted by molar-refractivity contribution is -0.376. The fourth-order valence-corrected chi connectivity index (χ4v) is 3.81. The summed E-state index contributed by atoms with van der Waals surface area (Å²) >= 11 is 0. The van der Waals surface area contributed by atoms with Crippen molar-refractivity contribution in [2.24, 2.45) is 11.8 Å². The van der Waals surface area contributed by atoms with Gasteiger partial charge in [-0.3, -0.25) is 9.59 Å². The molecule has 0 bridgehead atoms. The highest BCUT2D eigenvalue weighted by atomic mass is 19.4. The average molecular weight is 473 g/mol. The topological polar surface area (TPSA) is 105 Å². The fraction of sp³-hybridized carbons (Fsp3) is 0.579. The van der Waals surface area contributed by atoms with Crippen LogP contribution in [-0.4, -0.2) is 59.2 Å². The van der Waals surface area contributed by atoms with E-state index in [1.54, 1.807) is 0 Å². The summed E-state index contributed by atoms with van der Waals surface area (Å²) in [5.41, 5.74) is -9.60. The van der Waals surface area contributed by atoms with Crippen molar-refractivity contribution in [3.63, 3.8) is 0 Å². The van der Waals surface area contributed by atoms with Crippen LogP contribution in [0.2, 0.25) is 0 Å². The number of aliphatic hydroxyl groups is 2. The van der Waals surface area contributed by atoms with Gasteiger partial charge in [0.05, 0.1) is 13.2 Å². The van der Waals surface area contributed by atoms with Gasteiger partial charge in [-0.25, -0.2) is 5.32 Å². The second kappa shape index (κ2) is 8.87.